The summed E-state index contributed by atoms with van der Waals surface area (Å²) in [4.78, 5) is 13.4. The number of hydrogen-bond donors (Lipinski definition) is 1. The fourth-order valence-electron chi connectivity index (χ4n) is 2.42. The Balaban J connectivity index is 1.85. The van der Waals surface area contributed by atoms with Gasteiger partial charge in [-0.3, -0.25) is 4.98 Å². The number of benzene rings is 1. The molecule has 2 aromatic heterocycles. The third-order valence-corrected chi connectivity index (χ3v) is 3.62. The van der Waals surface area contributed by atoms with Crippen molar-refractivity contribution in [1.82, 2.24) is 15.0 Å². The molecular formula is C16H14N4. The number of hydrogen-bond acceptors (Lipinski definition) is 4. The predicted octanol–water partition coefficient (Wildman–Crippen LogP) is 3.15. The molecule has 0 radical (unpaired) electrons. The molecule has 0 bridgehead atoms. The molecule has 4 rings (SSSR count). The molecular weight excluding hydrogens is 248 g/mol. The molecule has 4 heteroatoms. The third-order valence-electron chi connectivity index (χ3n) is 3.62. The standard InChI is InChI=1S/C16H14N4/c17-15-9-14(10-3-4-10)19-16(20-15)12-5-6-13-11(8-12)2-1-7-18-13/h1-2,5-10H,3-4H2,(H2,17,19,20). The number of nitrogens with two attached hydrogens (primary N) is 1. The number of rotatable bonds is 2. The van der Waals surface area contributed by atoms with Crippen LogP contribution in [0.25, 0.3) is 22.3 Å². The maximum atomic E-state index is 5.91. The fraction of sp³-hybridized carbons (Fsp3) is 0.188. The van der Waals surface area contributed by atoms with Gasteiger partial charge in [0.2, 0.25) is 0 Å². The quantitative estimate of drug-likeness (QED) is 0.770. The molecule has 0 spiro atoms. The van der Waals surface area contributed by atoms with Gasteiger partial charge in [0.15, 0.2) is 5.82 Å². The van der Waals surface area contributed by atoms with Crippen molar-refractivity contribution in [3.63, 3.8) is 0 Å². The van der Waals surface area contributed by atoms with Crippen LogP contribution in [0.4, 0.5) is 5.82 Å². The van der Waals surface area contributed by atoms with E-state index in [0.29, 0.717) is 17.6 Å². The Bertz CT molecular complexity index is 793. The van der Waals surface area contributed by atoms with Crippen molar-refractivity contribution in [1.29, 1.82) is 0 Å². The molecule has 1 saturated carbocycles. The van der Waals surface area contributed by atoms with E-state index in [1.54, 1.807) is 6.20 Å². The van der Waals surface area contributed by atoms with Crippen molar-refractivity contribution in [3.8, 4) is 11.4 Å². The molecule has 4 nitrogen and oxygen atoms in total. The maximum absolute atomic E-state index is 5.91. The highest BCUT2D eigenvalue weighted by Gasteiger charge is 2.26. The molecule has 0 amide bonds. The lowest BCUT2D eigenvalue weighted by atomic mass is 10.1. The van der Waals surface area contributed by atoms with E-state index in [1.165, 1.54) is 12.8 Å². The zero-order valence-corrected chi connectivity index (χ0v) is 11.0. The molecule has 2 heterocycles. The highest BCUT2D eigenvalue weighted by atomic mass is 15.0. The lowest BCUT2D eigenvalue weighted by Crippen LogP contribution is -1.99. The minimum absolute atomic E-state index is 0.545. The van der Waals surface area contributed by atoms with E-state index in [2.05, 4.69) is 21.0 Å². The van der Waals surface area contributed by atoms with Crippen LogP contribution < -0.4 is 5.73 Å². The molecule has 20 heavy (non-hydrogen) atoms. The normalized spacial score (nSPS) is 14.6. The van der Waals surface area contributed by atoms with E-state index >= 15 is 0 Å². The summed E-state index contributed by atoms with van der Waals surface area (Å²) in [5, 5.41) is 1.09. The van der Waals surface area contributed by atoms with Gasteiger partial charge in [-0.05, 0) is 37.1 Å². The monoisotopic (exact) mass is 262 g/mol. The number of nitrogens with zero attached hydrogens (tertiary/aromatic N) is 3. The second-order valence-corrected chi connectivity index (χ2v) is 5.23. The van der Waals surface area contributed by atoms with Crippen molar-refractivity contribution in [2.75, 3.05) is 5.73 Å². The van der Waals surface area contributed by atoms with E-state index in [1.807, 2.05) is 30.3 Å². The summed E-state index contributed by atoms with van der Waals surface area (Å²) >= 11 is 0. The Hall–Kier alpha value is -2.49. The molecule has 0 saturated heterocycles. The van der Waals surface area contributed by atoms with E-state index in [9.17, 15) is 0 Å². The second kappa shape index (κ2) is 4.27. The predicted molar refractivity (Wildman–Crippen MR) is 79.2 cm³/mol. The number of pyridine rings is 1. The molecule has 2 N–H and O–H groups in total. The van der Waals surface area contributed by atoms with Crippen LogP contribution in [0.1, 0.15) is 24.5 Å². The molecule has 1 aromatic carbocycles. The van der Waals surface area contributed by atoms with Crippen LogP contribution in [0.2, 0.25) is 0 Å². The van der Waals surface area contributed by atoms with E-state index in [0.717, 1.165) is 22.2 Å². The summed E-state index contributed by atoms with van der Waals surface area (Å²) in [5.74, 6) is 1.82. The highest BCUT2D eigenvalue weighted by molar-refractivity contribution is 5.83. The van der Waals surface area contributed by atoms with Gasteiger partial charge >= 0.3 is 0 Å². The lowest BCUT2D eigenvalue weighted by molar-refractivity contribution is 0.998. The van der Waals surface area contributed by atoms with Crippen molar-refractivity contribution < 1.29 is 0 Å². The molecule has 0 unspecified atom stereocenters. The fourth-order valence-corrected chi connectivity index (χ4v) is 2.42. The van der Waals surface area contributed by atoms with Gasteiger partial charge in [-0.1, -0.05) is 6.07 Å². The number of nitrogen functional groups attached to an aromatic ring is 1. The van der Waals surface area contributed by atoms with Gasteiger partial charge in [0.1, 0.15) is 5.82 Å². The van der Waals surface area contributed by atoms with Crippen LogP contribution in [0.3, 0.4) is 0 Å². The van der Waals surface area contributed by atoms with Crippen molar-refractivity contribution in [2.24, 2.45) is 0 Å². The Morgan fingerprint density at radius 2 is 1.95 bits per heavy atom. The molecule has 0 aliphatic heterocycles. The van der Waals surface area contributed by atoms with Gasteiger partial charge in [0, 0.05) is 34.8 Å². The van der Waals surface area contributed by atoms with Crippen molar-refractivity contribution >= 4 is 16.7 Å². The summed E-state index contributed by atoms with van der Waals surface area (Å²) in [6.45, 7) is 0. The van der Waals surface area contributed by atoms with Crippen molar-refractivity contribution in [2.45, 2.75) is 18.8 Å². The smallest absolute Gasteiger partial charge is 0.161 e. The first-order chi connectivity index (χ1) is 9.79. The lowest BCUT2D eigenvalue weighted by Gasteiger charge is -2.06. The summed E-state index contributed by atoms with van der Waals surface area (Å²) in [6, 6.07) is 11.9. The van der Waals surface area contributed by atoms with Gasteiger partial charge in [0.05, 0.1) is 5.52 Å². The molecule has 0 atom stereocenters. The molecule has 1 fully saturated rings. The van der Waals surface area contributed by atoms with Crippen LogP contribution >= 0.6 is 0 Å². The SMILES string of the molecule is Nc1cc(C2CC2)nc(-c2ccc3ncccc3c2)n1. The van der Waals surface area contributed by atoms with E-state index in [4.69, 9.17) is 5.73 Å². The first-order valence-corrected chi connectivity index (χ1v) is 6.79. The Morgan fingerprint density at radius 3 is 2.80 bits per heavy atom. The van der Waals surface area contributed by atoms with Crippen LogP contribution in [0.15, 0.2) is 42.6 Å². The zero-order chi connectivity index (χ0) is 13.5. The average Bonchev–Trinajstić information content (AvgIpc) is 3.31. The van der Waals surface area contributed by atoms with Crippen LogP contribution in [-0.2, 0) is 0 Å². The van der Waals surface area contributed by atoms with Crippen LogP contribution in [0.5, 0.6) is 0 Å². The number of aromatic nitrogens is 3. The van der Waals surface area contributed by atoms with Gasteiger partial charge in [-0.25, -0.2) is 9.97 Å². The first kappa shape index (κ1) is 11.3. The molecule has 3 aromatic rings. The largest absolute Gasteiger partial charge is 0.384 e. The minimum Gasteiger partial charge on any atom is -0.384 e. The first-order valence-electron chi connectivity index (χ1n) is 6.79. The maximum Gasteiger partial charge on any atom is 0.161 e. The van der Waals surface area contributed by atoms with Crippen LogP contribution in [0, 0.1) is 0 Å². The molecule has 1 aliphatic carbocycles. The van der Waals surface area contributed by atoms with Crippen molar-refractivity contribution in [3.05, 3.63) is 48.3 Å². The van der Waals surface area contributed by atoms with Crippen LogP contribution in [-0.4, -0.2) is 15.0 Å². The Kier molecular flexibility index (Phi) is 2.42. The average molecular weight is 262 g/mol. The number of fused-ring (bicyclic) bond motifs is 1. The Labute approximate surface area is 116 Å². The van der Waals surface area contributed by atoms with Gasteiger partial charge in [0.25, 0.3) is 0 Å². The summed E-state index contributed by atoms with van der Waals surface area (Å²) in [5.41, 5.74) is 8.94. The highest BCUT2D eigenvalue weighted by Crippen LogP contribution is 2.40. The topological polar surface area (TPSA) is 64.7 Å². The summed E-state index contributed by atoms with van der Waals surface area (Å²) in [7, 11) is 0. The summed E-state index contributed by atoms with van der Waals surface area (Å²) < 4.78 is 0. The molecule has 98 valence electrons. The van der Waals surface area contributed by atoms with Gasteiger partial charge in [-0.2, -0.15) is 0 Å². The van der Waals surface area contributed by atoms with E-state index in [-0.39, 0.29) is 0 Å². The minimum atomic E-state index is 0.545. The second-order valence-electron chi connectivity index (χ2n) is 5.23. The summed E-state index contributed by atoms with van der Waals surface area (Å²) in [6.07, 6.45) is 4.21. The van der Waals surface area contributed by atoms with Gasteiger partial charge in [-0.15, -0.1) is 0 Å². The van der Waals surface area contributed by atoms with E-state index < -0.39 is 0 Å². The third kappa shape index (κ3) is 1.99. The Morgan fingerprint density at radius 1 is 1.05 bits per heavy atom. The number of anilines is 1. The zero-order valence-electron chi connectivity index (χ0n) is 11.0. The molecule has 1 aliphatic rings. The van der Waals surface area contributed by atoms with Gasteiger partial charge < -0.3 is 5.73 Å².